The van der Waals surface area contributed by atoms with Gasteiger partial charge in [0.05, 0.1) is 4.99 Å². The molecular formula is C11H13Cl2N3OS. The summed E-state index contributed by atoms with van der Waals surface area (Å²) in [6, 6.07) is 4.55. The van der Waals surface area contributed by atoms with E-state index in [0.29, 0.717) is 33.7 Å². The smallest absolute Gasteiger partial charge is 0.321 e. The highest BCUT2D eigenvalue weighted by atomic mass is 35.5. The minimum atomic E-state index is -0.274. The van der Waals surface area contributed by atoms with E-state index in [1.54, 1.807) is 25.2 Å². The van der Waals surface area contributed by atoms with Crippen molar-refractivity contribution in [2.24, 2.45) is 5.73 Å². The second kappa shape index (κ2) is 6.78. The Kier molecular flexibility index (Phi) is 5.65. The van der Waals surface area contributed by atoms with Gasteiger partial charge in [-0.05, 0) is 18.2 Å². The van der Waals surface area contributed by atoms with Gasteiger partial charge in [-0.2, -0.15) is 0 Å². The highest BCUT2D eigenvalue weighted by Crippen LogP contribution is 2.22. The van der Waals surface area contributed by atoms with Crippen LogP contribution in [0.25, 0.3) is 0 Å². The number of carbonyl (C=O) groups is 1. The first-order chi connectivity index (χ1) is 8.38. The van der Waals surface area contributed by atoms with Crippen LogP contribution in [0.1, 0.15) is 6.42 Å². The number of anilines is 1. The van der Waals surface area contributed by atoms with Crippen molar-refractivity contribution < 1.29 is 4.79 Å². The first kappa shape index (κ1) is 15.0. The lowest BCUT2D eigenvalue weighted by atomic mass is 10.3. The lowest BCUT2D eigenvalue weighted by Crippen LogP contribution is -2.33. The Bertz CT molecular complexity index is 447. The van der Waals surface area contributed by atoms with E-state index in [1.165, 1.54) is 4.90 Å². The molecule has 7 heteroatoms. The second-order valence-corrected chi connectivity index (χ2v) is 5.12. The normalized spacial score (nSPS) is 9.94. The molecule has 0 radical (unpaired) electrons. The van der Waals surface area contributed by atoms with Gasteiger partial charge in [0.2, 0.25) is 0 Å². The van der Waals surface area contributed by atoms with Crippen molar-refractivity contribution in [2.45, 2.75) is 6.42 Å². The first-order valence-electron chi connectivity index (χ1n) is 5.15. The molecule has 98 valence electrons. The van der Waals surface area contributed by atoms with E-state index in [0.717, 1.165) is 0 Å². The monoisotopic (exact) mass is 305 g/mol. The summed E-state index contributed by atoms with van der Waals surface area (Å²) in [5.74, 6) is 0. The summed E-state index contributed by atoms with van der Waals surface area (Å²) in [6.45, 7) is 0.454. The minimum absolute atomic E-state index is 0.274. The van der Waals surface area contributed by atoms with E-state index in [1.807, 2.05) is 0 Å². The minimum Gasteiger partial charge on any atom is -0.393 e. The summed E-state index contributed by atoms with van der Waals surface area (Å²) in [4.78, 5) is 13.6. The average Bonchev–Trinajstić information content (AvgIpc) is 2.24. The quantitative estimate of drug-likeness (QED) is 0.840. The Labute approximate surface area is 121 Å². The number of hydrogen-bond acceptors (Lipinski definition) is 2. The van der Waals surface area contributed by atoms with Gasteiger partial charge in [0, 0.05) is 35.7 Å². The molecule has 18 heavy (non-hydrogen) atoms. The molecule has 0 saturated heterocycles. The summed E-state index contributed by atoms with van der Waals surface area (Å²) < 4.78 is 0. The van der Waals surface area contributed by atoms with Crippen molar-refractivity contribution in [3.8, 4) is 0 Å². The fourth-order valence-corrected chi connectivity index (χ4v) is 1.84. The molecule has 2 amide bonds. The summed E-state index contributed by atoms with van der Waals surface area (Å²) in [5.41, 5.74) is 5.91. The molecule has 0 heterocycles. The van der Waals surface area contributed by atoms with Crippen molar-refractivity contribution in [1.29, 1.82) is 0 Å². The molecule has 0 aliphatic rings. The van der Waals surface area contributed by atoms with Crippen LogP contribution < -0.4 is 11.1 Å². The third kappa shape index (κ3) is 5.08. The van der Waals surface area contributed by atoms with Crippen molar-refractivity contribution in [3.05, 3.63) is 28.2 Å². The SMILES string of the molecule is CN(CCC(N)=S)C(=O)Nc1cc(Cl)cc(Cl)c1. The van der Waals surface area contributed by atoms with Gasteiger partial charge in [-0.1, -0.05) is 35.4 Å². The molecule has 1 aromatic carbocycles. The fourth-order valence-electron chi connectivity index (χ4n) is 1.22. The van der Waals surface area contributed by atoms with Crippen LogP contribution in [0, 0.1) is 0 Å². The van der Waals surface area contributed by atoms with E-state index in [-0.39, 0.29) is 6.03 Å². The van der Waals surface area contributed by atoms with E-state index in [9.17, 15) is 4.79 Å². The first-order valence-corrected chi connectivity index (χ1v) is 6.31. The van der Waals surface area contributed by atoms with Gasteiger partial charge in [-0.3, -0.25) is 0 Å². The number of nitrogens with one attached hydrogen (secondary N) is 1. The maximum atomic E-state index is 11.8. The van der Waals surface area contributed by atoms with Crippen LogP contribution >= 0.6 is 35.4 Å². The van der Waals surface area contributed by atoms with Crippen molar-refractivity contribution >= 4 is 52.1 Å². The predicted molar refractivity (Wildman–Crippen MR) is 79.5 cm³/mol. The molecule has 0 aliphatic carbocycles. The van der Waals surface area contributed by atoms with Gasteiger partial charge < -0.3 is 16.0 Å². The number of benzene rings is 1. The zero-order valence-corrected chi connectivity index (χ0v) is 12.1. The number of urea groups is 1. The van der Waals surface area contributed by atoms with E-state index < -0.39 is 0 Å². The van der Waals surface area contributed by atoms with Crippen LogP contribution in [-0.4, -0.2) is 29.5 Å². The number of hydrogen-bond donors (Lipinski definition) is 2. The predicted octanol–water partition coefficient (Wildman–Crippen LogP) is 3.13. The largest absolute Gasteiger partial charge is 0.393 e. The molecule has 0 fully saturated rings. The molecule has 0 unspecified atom stereocenters. The molecule has 1 aromatic rings. The third-order valence-corrected chi connectivity index (χ3v) is 2.79. The Morgan fingerprint density at radius 3 is 2.44 bits per heavy atom. The summed E-state index contributed by atoms with van der Waals surface area (Å²) in [7, 11) is 1.65. The van der Waals surface area contributed by atoms with Crippen LogP contribution in [-0.2, 0) is 0 Å². The van der Waals surface area contributed by atoms with Crippen molar-refractivity contribution in [3.63, 3.8) is 0 Å². The zero-order chi connectivity index (χ0) is 13.7. The Balaban J connectivity index is 2.60. The fraction of sp³-hybridized carbons (Fsp3) is 0.273. The van der Waals surface area contributed by atoms with Crippen LogP contribution in [0.4, 0.5) is 10.5 Å². The molecule has 0 saturated carbocycles. The topological polar surface area (TPSA) is 58.4 Å². The molecule has 3 N–H and O–H groups in total. The van der Waals surface area contributed by atoms with Crippen LogP contribution in [0.15, 0.2) is 18.2 Å². The maximum Gasteiger partial charge on any atom is 0.321 e. The molecule has 0 aliphatic heterocycles. The lowest BCUT2D eigenvalue weighted by Gasteiger charge is -2.17. The van der Waals surface area contributed by atoms with Crippen LogP contribution in [0.2, 0.25) is 10.0 Å². The van der Waals surface area contributed by atoms with E-state index >= 15 is 0 Å². The Morgan fingerprint density at radius 2 is 1.94 bits per heavy atom. The van der Waals surface area contributed by atoms with Gasteiger partial charge >= 0.3 is 6.03 Å². The van der Waals surface area contributed by atoms with Gasteiger partial charge in [0.15, 0.2) is 0 Å². The second-order valence-electron chi connectivity index (χ2n) is 3.73. The number of rotatable bonds is 4. The summed E-state index contributed by atoms with van der Waals surface area (Å²) >= 11 is 16.4. The van der Waals surface area contributed by atoms with Gasteiger partial charge in [0.1, 0.15) is 0 Å². The number of nitrogens with two attached hydrogens (primary N) is 1. The average molecular weight is 306 g/mol. The summed E-state index contributed by atoms with van der Waals surface area (Å²) in [5, 5.41) is 3.60. The zero-order valence-electron chi connectivity index (χ0n) is 9.74. The third-order valence-electron chi connectivity index (χ3n) is 2.15. The van der Waals surface area contributed by atoms with Crippen LogP contribution in [0.3, 0.4) is 0 Å². The number of carbonyl (C=O) groups excluding carboxylic acids is 1. The number of amides is 2. The van der Waals surface area contributed by atoms with Gasteiger partial charge in [0.25, 0.3) is 0 Å². The van der Waals surface area contributed by atoms with Crippen molar-refractivity contribution in [2.75, 3.05) is 18.9 Å². The number of thiocarbonyl (C=S) groups is 1. The Hall–Kier alpha value is -1.04. The maximum absolute atomic E-state index is 11.8. The molecule has 0 aromatic heterocycles. The number of halogens is 2. The molecule has 0 spiro atoms. The summed E-state index contributed by atoms with van der Waals surface area (Å²) in [6.07, 6.45) is 0.482. The number of nitrogens with zero attached hydrogens (tertiary/aromatic N) is 1. The highest BCUT2D eigenvalue weighted by Gasteiger charge is 2.09. The van der Waals surface area contributed by atoms with Crippen LogP contribution in [0.5, 0.6) is 0 Å². The van der Waals surface area contributed by atoms with E-state index in [2.05, 4.69) is 5.32 Å². The molecular weight excluding hydrogens is 293 g/mol. The molecule has 4 nitrogen and oxygen atoms in total. The molecule has 0 bridgehead atoms. The van der Waals surface area contributed by atoms with E-state index in [4.69, 9.17) is 41.2 Å². The van der Waals surface area contributed by atoms with Crippen molar-refractivity contribution in [1.82, 2.24) is 4.90 Å². The lowest BCUT2D eigenvalue weighted by molar-refractivity contribution is 0.223. The molecule has 0 atom stereocenters. The Morgan fingerprint density at radius 1 is 1.39 bits per heavy atom. The van der Waals surface area contributed by atoms with Gasteiger partial charge in [-0.25, -0.2) is 4.79 Å². The molecule has 1 rings (SSSR count). The highest BCUT2D eigenvalue weighted by molar-refractivity contribution is 7.80. The standard InChI is InChI=1S/C11H13Cl2N3OS/c1-16(3-2-10(14)18)11(17)15-9-5-7(12)4-8(13)6-9/h4-6H,2-3H2,1H3,(H2,14,18)(H,15,17). The van der Waals surface area contributed by atoms with Gasteiger partial charge in [-0.15, -0.1) is 0 Å².